The average Bonchev–Trinajstić information content (AvgIpc) is 2.68. The lowest BCUT2D eigenvalue weighted by molar-refractivity contribution is 0.473. The second-order valence-corrected chi connectivity index (χ2v) is 3.35. The number of nitrogens with zero attached hydrogens (tertiary/aromatic N) is 3. The van der Waals surface area contributed by atoms with Gasteiger partial charge in [0.1, 0.15) is 11.4 Å². The maximum absolute atomic E-state index is 9.14. The summed E-state index contributed by atoms with van der Waals surface area (Å²) in [5.74, 6) is 1.02. The number of aryl methyl sites for hydroxylation is 1. The summed E-state index contributed by atoms with van der Waals surface area (Å²) in [6.45, 7) is 3.05. The third-order valence-corrected chi connectivity index (χ3v) is 2.16. The van der Waals surface area contributed by atoms with Crippen molar-refractivity contribution < 1.29 is 5.11 Å². The van der Waals surface area contributed by atoms with Crippen LogP contribution in [0.2, 0.25) is 0 Å². The summed E-state index contributed by atoms with van der Waals surface area (Å²) >= 11 is 0. The minimum Gasteiger partial charge on any atom is -0.506 e. The molecule has 2 heterocycles. The van der Waals surface area contributed by atoms with Gasteiger partial charge in [0.15, 0.2) is 5.82 Å². The van der Waals surface area contributed by atoms with Crippen LogP contribution in [0.15, 0.2) is 30.7 Å². The van der Waals surface area contributed by atoms with Crippen molar-refractivity contribution in [2.45, 2.75) is 19.9 Å². The lowest BCUT2D eigenvalue weighted by Crippen LogP contribution is -1.99. The third kappa shape index (κ3) is 1.98. The molecule has 0 unspecified atom stereocenters. The molecule has 2 aromatic heterocycles. The van der Waals surface area contributed by atoms with E-state index in [1.54, 1.807) is 18.3 Å². The second-order valence-electron chi connectivity index (χ2n) is 3.35. The van der Waals surface area contributed by atoms with Crippen molar-refractivity contribution in [3.63, 3.8) is 0 Å². The minimum absolute atomic E-state index is 0.173. The van der Waals surface area contributed by atoms with E-state index in [1.807, 2.05) is 6.20 Å². The topological polar surface area (TPSA) is 50.9 Å². The van der Waals surface area contributed by atoms with Crippen LogP contribution in [0.4, 0.5) is 0 Å². The zero-order valence-electron chi connectivity index (χ0n) is 8.59. The Morgan fingerprint density at radius 3 is 2.87 bits per heavy atom. The molecule has 0 aliphatic heterocycles. The minimum atomic E-state index is 0.173. The molecule has 0 spiro atoms. The Morgan fingerprint density at radius 2 is 2.20 bits per heavy atom. The summed E-state index contributed by atoms with van der Waals surface area (Å²) in [4.78, 5) is 8.38. The lowest BCUT2D eigenvalue weighted by atomic mass is 10.3. The Balaban J connectivity index is 2.36. The van der Waals surface area contributed by atoms with Gasteiger partial charge in [-0.25, -0.2) is 9.97 Å². The highest BCUT2D eigenvalue weighted by Gasteiger charge is 2.05. The Kier molecular flexibility index (Phi) is 2.67. The van der Waals surface area contributed by atoms with E-state index in [9.17, 15) is 0 Å². The SMILES string of the molecule is CCCn1ccnc1-c1ccc(O)cn1. The zero-order chi connectivity index (χ0) is 10.7. The molecule has 15 heavy (non-hydrogen) atoms. The molecule has 0 fully saturated rings. The molecule has 2 aromatic rings. The molecule has 0 atom stereocenters. The molecule has 0 radical (unpaired) electrons. The highest BCUT2D eigenvalue weighted by atomic mass is 16.3. The van der Waals surface area contributed by atoms with E-state index in [0.717, 1.165) is 24.5 Å². The summed E-state index contributed by atoms with van der Waals surface area (Å²) in [7, 11) is 0. The van der Waals surface area contributed by atoms with Crippen LogP contribution in [0.25, 0.3) is 11.5 Å². The summed E-state index contributed by atoms with van der Waals surface area (Å²) < 4.78 is 2.05. The van der Waals surface area contributed by atoms with Crippen LogP contribution < -0.4 is 0 Å². The molecule has 0 amide bonds. The predicted molar refractivity (Wildman–Crippen MR) is 57.4 cm³/mol. The Labute approximate surface area is 88.2 Å². The molecule has 0 bridgehead atoms. The van der Waals surface area contributed by atoms with Gasteiger partial charge in [0, 0.05) is 18.9 Å². The van der Waals surface area contributed by atoms with Gasteiger partial charge in [0.2, 0.25) is 0 Å². The predicted octanol–water partition coefficient (Wildman–Crippen LogP) is 2.06. The lowest BCUT2D eigenvalue weighted by Gasteiger charge is -2.05. The molecule has 1 N–H and O–H groups in total. The van der Waals surface area contributed by atoms with Gasteiger partial charge in [-0.1, -0.05) is 6.92 Å². The first-order valence-corrected chi connectivity index (χ1v) is 4.98. The number of pyridine rings is 1. The Bertz CT molecular complexity index is 433. The molecular weight excluding hydrogens is 190 g/mol. The quantitative estimate of drug-likeness (QED) is 0.830. The molecule has 0 saturated carbocycles. The molecular formula is C11H13N3O. The first-order chi connectivity index (χ1) is 7.31. The first-order valence-electron chi connectivity index (χ1n) is 4.98. The fourth-order valence-corrected chi connectivity index (χ4v) is 1.48. The van der Waals surface area contributed by atoms with Crippen LogP contribution in [-0.2, 0) is 6.54 Å². The van der Waals surface area contributed by atoms with Crippen molar-refractivity contribution in [1.29, 1.82) is 0 Å². The van der Waals surface area contributed by atoms with E-state index in [1.165, 1.54) is 6.20 Å². The van der Waals surface area contributed by atoms with Gasteiger partial charge in [0.05, 0.1) is 6.20 Å². The number of imidazole rings is 1. The summed E-state index contributed by atoms with van der Waals surface area (Å²) in [6.07, 6.45) is 6.19. The van der Waals surface area contributed by atoms with Crippen molar-refractivity contribution in [3.8, 4) is 17.3 Å². The van der Waals surface area contributed by atoms with Crippen molar-refractivity contribution in [3.05, 3.63) is 30.7 Å². The summed E-state index contributed by atoms with van der Waals surface area (Å²) in [6, 6.07) is 3.39. The van der Waals surface area contributed by atoms with Crippen molar-refractivity contribution in [1.82, 2.24) is 14.5 Å². The van der Waals surface area contributed by atoms with Gasteiger partial charge >= 0.3 is 0 Å². The third-order valence-electron chi connectivity index (χ3n) is 2.16. The van der Waals surface area contributed by atoms with Gasteiger partial charge in [-0.3, -0.25) is 0 Å². The van der Waals surface area contributed by atoms with Crippen LogP contribution in [0, 0.1) is 0 Å². The van der Waals surface area contributed by atoms with Crippen LogP contribution in [0.3, 0.4) is 0 Å². The van der Waals surface area contributed by atoms with E-state index in [-0.39, 0.29) is 5.75 Å². The van der Waals surface area contributed by atoms with E-state index in [4.69, 9.17) is 5.11 Å². The van der Waals surface area contributed by atoms with Crippen LogP contribution in [0.5, 0.6) is 5.75 Å². The smallest absolute Gasteiger partial charge is 0.158 e. The number of aromatic nitrogens is 3. The van der Waals surface area contributed by atoms with Crippen molar-refractivity contribution in [2.24, 2.45) is 0 Å². The van der Waals surface area contributed by atoms with Crippen molar-refractivity contribution in [2.75, 3.05) is 0 Å². The number of hydrogen-bond donors (Lipinski definition) is 1. The normalized spacial score (nSPS) is 10.5. The molecule has 0 saturated heterocycles. The molecule has 2 rings (SSSR count). The van der Waals surface area contributed by atoms with E-state index in [2.05, 4.69) is 21.5 Å². The summed E-state index contributed by atoms with van der Waals surface area (Å²) in [5, 5.41) is 9.14. The number of aromatic hydroxyl groups is 1. The van der Waals surface area contributed by atoms with E-state index >= 15 is 0 Å². The summed E-state index contributed by atoms with van der Waals surface area (Å²) in [5.41, 5.74) is 0.784. The Hall–Kier alpha value is -1.84. The highest BCUT2D eigenvalue weighted by molar-refractivity contribution is 5.50. The second kappa shape index (κ2) is 4.13. The molecule has 4 heteroatoms. The highest BCUT2D eigenvalue weighted by Crippen LogP contribution is 2.17. The molecule has 4 nitrogen and oxygen atoms in total. The average molecular weight is 203 g/mol. The van der Waals surface area contributed by atoms with Gasteiger partial charge in [-0.15, -0.1) is 0 Å². The molecule has 78 valence electrons. The van der Waals surface area contributed by atoms with Gasteiger partial charge < -0.3 is 9.67 Å². The maximum Gasteiger partial charge on any atom is 0.158 e. The van der Waals surface area contributed by atoms with Crippen molar-refractivity contribution >= 4 is 0 Å². The standard InChI is InChI=1S/C11H13N3O/c1-2-6-14-7-5-12-11(14)10-4-3-9(15)8-13-10/h3-5,7-8,15H,2,6H2,1H3. The largest absolute Gasteiger partial charge is 0.506 e. The molecule has 0 aromatic carbocycles. The van der Waals surface area contributed by atoms with E-state index in [0.29, 0.717) is 0 Å². The molecule has 0 aliphatic rings. The van der Waals surface area contributed by atoms with Gasteiger partial charge in [0.25, 0.3) is 0 Å². The van der Waals surface area contributed by atoms with Gasteiger partial charge in [-0.05, 0) is 18.6 Å². The monoisotopic (exact) mass is 203 g/mol. The van der Waals surface area contributed by atoms with Gasteiger partial charge in [-0.2, -0.15) is 0 Å². The van der Waals surface area contributed by atoms with Crippen LogP contribution in [-0.4, -0.2) is 19.6 Å². The zero-order valence-corrected chi connectivity index (χ0v) is 8.59. The number of hydrogen-bond acceptors (Lipinski definition) is 3. The maximum atomic E-state index is 9.14. The fourth-order valence-electron chi connectivity index (χ4n) is 1.48. The van der Waals surface area contributed by atoms with E-state index < -0.39 is 0 Å². The first kappa shape index (κ1) is 9.71. The molecule has 0 aliphatic carbocycles. The fraction of sp³-hybridized carbons (Fsp3) is 0.273. The Morgan fingerprint density at radius 1 is 1.33 bits per heavy atom. The number of rotatable bonds is 3. The van der Waals surface area contributed by atoms with Crippen LogP contribution in [0.1, 0.15) is 13.3 Å². The van der Waals surface area contributed by atoms with Crippen LogP contribution >= 0.6 is 0 Å².